The molecule has 0 bridgehead atoms. The summed E-state index contributed by atoms with van der Waals surface area (Å²) in [4.78, 5) is 13.3. The molecular formula is C11H12ClNOS. The van der Waals surface area contributed by atoms with Crippen LogP contribution < -0.4 is 0 Å². The topological polar surface area (TPSA) is 20.3 Å². The van der Waals surface area contributed by atoms with Gasteiger partial charge in [0, 0.05) is 29.8 Å². The first-order valence-corrected chi connectivity index (χ1v) is 5.75. The summed E-state index contributed by atoms with van der Waals surface area (Å²) in [6.45, 7) is 1.40. The van der Waals surface area contributed by atoms with Crippen LogP contribution in [0.2, 0.25) is 5.02 Å². The van der Waals surface area contributed by atoms with Crippen molar-refractivity contribution >= 4 is 30.1 Å². The number of nitrogens with zero attached hydrogens (tertiary/aromatic N) is 1. The summed E-state index contributed by atoms with van der Waals surface area (Å²) < 4.78 is 0. The van der Waals surface area contributed by atoms with E-state index < -0.39 is 0 Å². The molecule has 0 radical (unpaired) electrons. The average molecular weight is 242 g/mol. The van der Waals surface area contributed by atoms with Crippen molar-refractivity contribution in [1.29, 1.82) is 0 Å². The zero-order valence-corrected chi connectivity index (χ0v) is 9.84. The first kappa shape index (κ1) is 10.8. The molecule has 1 amide bonds. The van der Waals surface area contributed by atoms with E-state index in [-0.39, 0.29) is 11.2 Å². The van der Waals surface area contributed by atoms with Gasteiger partial charge in [-0.1, -0.05) is 23.7 Å². The zero-order valence-electron chi connectivity index (χ0n) is 8.19. The molecule has 1 aromatic carbocycles. The average Bonchev–Trinajstić information content (AvgIpc) is 2.49. The van der Waals surface area contributed by atoms with Gasteiger partial charge in [-0.05, 0) is 17.7 Å². The van der Waals surface area contributed by atoms with E-state index in [9.17, 15) is 4.79 Å². The van der Waals surface area contributed by atoms with Crippen LogP contribution in [0, 0.1) is 0 Å². The molecule has 1 heterocycles. The molecule has 2 nitrogen and oxygen atoms in total. The van der Waals surface area contributed by atoms with Gasteiger partial charge in [-0.15, -0.1) is 0 Å². The summed E-state index contributed by atoms with van der Waals surface area (Å²) in [7, 11) is 0. The van der Waals surface area contributed by atoms with Gasteiger partial charge >= 0.3 is 0 Å². The van der Waals surface area contributed by atoms with Gasteiger partial charge in [-0.25, -0.2) is 0 Å². The Bertz CT molecular complexity index is 365. The fourth-order valence-corrected chi connectivity index (χ4v) is 2.19. The van der Waals surface area contributed by atoms with Crippen LogP contribution in [-0.4, -0.2) is 22.6 Å². The maximum atomic E-state index is 11.5. The number of likely N-dealkylation sites (tertiary alicyclic amines) is 1. The molecular weight excluding hydrogens is 230 g/mol. The lowest BCUT2D eigenvalue weighted by Crippen LogP contribution is -2.24. The number of halogens is 1. The third kappa shape index (κ3) is 2.67. The maximum absolute atomic E-state index is 11.5. The van der Waals surface area contributed by atoms with Crippen LogP contribution in [0.1, 0.15) is 12.0 Å². The highest BCUT2D eigenvalue weighted by Gasteiger charge is 2.26. The van der Waals surface area contributed by atoms with E-state index in [0.29, 0.717) is 13.0 Å². The molecule has 1 unspecified atom stereocenters. The predicted molar refractivity (Wildman–Crippen MR) is 64.3 cm³/mol. The van der Waals surface area contributed by atoms with Gasteiger partial charge in [0.1, 0.15) is 0 Å². The Morgan fingerprint density at radius 1 is 1.40 bits per heavy atom. The van der Waals surface area contributed by atoms with Crippen LogP contribution >= 0.6 is 24.2 Å². The highest BCUT2D eigenvalue weighted by molar-refractivity contribution is 7.81. The van der Waals surface area contributed by atoms with E-state index in [2.05, 4.69) is 12.6 Å². The van der Waals surface area contributed by atoms with Crippen LogP contribution in [-0.2, 0) is 11.3 Å². The Kier molecular flexibility index (Phi) is 3.22. The molecule has 1 aromatic rings. The van der Waals surface area contributed by atoms with Crippen molar-refractivity contribution in [2.45, 2.75) is 18.2 Å². The van der Waals surface area contributed by atoms with Crippen LogP contribution in [0.5, 0.6) is 0 Å². The number of thiol groups is 1. The third-order valence-corrected chi connectivity index (χ3v) is 3.08. The maximum Gasteiger partial charge on any atom is 0.224 e. The third-order valence-electron chi connectivity index (χ3n) is 2.48. The van der Waals surface area contributed by atoms with Crippen LogP contribution in [0.3, 0.4) is 0 Å². The second kappa shape index (κ2) is 4.45. The predicted octanol–water partition coefficient (Wildman–Crippen LogP) is 2.37. The standard InChI is InChI=1S/C11H12ClNOS/c12-9-3-1-8(2-4-9)6-13-7-10(15)5-11(13)14/h1-4,10,15H,5-7H2. The van der Waals surface area contributed by atoms with Crippen molar-refractivity contribution in [3.63, 3.8) is 0 Å². The van der Waals surface area contributed by atoms with Gasteiger partial charge in [-0.2, -0.15) is 12.6 Å². The molecule has 4 heteroatoms. The lowest BCUT2D eigenvalue weighted by atomic mass is 10.2. The van der Waals surface area contributed by atoms with Crippen LogP contribution in [0.25, 0.3) is 0 Å². The number of carbonyl (C=O) groups excluding carboxylic acids is 1. The lowest BCUT2D eigenvalue weighted by Gasteiger charge is -2.15. The molecule has 2 rings (SSSR count). The highest BCUT2D eigenvalue weighted by atomic mass is 35.5. The van der Waals surface area contributed by atoms with Gasteiger partial charge in [0.05, 0.1) is 0 Å². The Balaban J connectivity index is 2.03. The summed E-state index contributed by atoms with van der Waals surface area (Å²) in [6.07, 6.45) is 0.552. The normalized spacial score (nSPS) is 21.1. The molecule has 0 aliphatic carbocycles. The van der Waals surface area contributed by atoms with Gasteiger partial charge in [0.15, 0.2) is 0 Å². The molecule has 1 aliphatic rings. The van der Waals surface area contributed by atoms with E-state index in [1.807, 2.05) is 29.2 Å². The number of rotatable bonds is 2. The molecule has 0 N–H and O–H groups in total. The SMILES string of the molecule is O=C1CC(S)CN1Cc1ccc(Cl)cc1. The molecule has 15 heavy (non-hydrogen) atoms. The van der Waals surface area contributed by atoms with Gasteiger partial charge in [0.2, 0.25) is 5.91 Å². The van der Waals surface area contributed by atoms with E-state index in [4.69, 9.17) is 11.6 Å². The van der Waals surface area contributed by atoms with Gasteiger partial charge < -0.3 is 4.90 Å². The van der Waals surface area contributed by atoms with Crippen LogP contribution in [0.4, 0.5) is 0 Å². The summed E-state index contributed by atoms with van der Waals surface area (Å²) in [5.41, 5.74) is 1.11. The Labute approximate surface area is 99.6 Å². The number of hydrogen-bond donors (Lipinski definition) is 1. The van der Waals surface area contributed by atoms with Gasteiger partial charge in [0.25, 0.3) is 0 Å². The fraction of sp³-hybridized carbons (Fsp3) is 0.364. The molecule has 1 fully saturated rings. The highest BCUT2D eigenvalue weighted by Crippen LogP contribution is 2.19. The summed E-state index contributed by atoms with van der Waals surface area (Å²) >= 11 is 10.1. The quantitative estimate of drug-likeness (QED) is 0.789. The van der Waals surface area contributed by atoms with E-state index in [1.54, 1.807) is 0 Å². The Hall–Kier alpha value is -0.670. The minimum absolute atomic E-state index is 0.185. The van der Waals surface area contributed by atoms with Crippen molar-refractivity contribution in [2.75, 3.05) is 6.54 Å². The lowest BCUT2D eigenvalue weighted by molar-refractivity contribution is -0.128. The van der Waals surface area contributed by atoms with Gasteiger partial charge in [-0.3, -0.25) is 4.79 Å². The summed E-state index contributed by atoms with van der Waals surface area (Å²) in [5.74, 6) is 0.185. The molecule has 0 saturated carbocycles. The number of hydrogen-bond acceptors (Lipinski definition) is 2. The Morgan fingerprint density at radius 2 is 2.07 bits per heavy atom. The monoisotopic (exact) mass is 241 g/mol. The first-order valence-electron chi connectivity index (χ1n) is 4.85. The largest absolute Gasteiger partial charge is 0.337 e. The van der Waals surface area contributed by atoms with Crippen molar-refractivity contribution in [1.82, 2.24) is 4.90 Å². The number of amides is 1. The molecule has 1 saturated heterocycles. The first-order chi connectivity index (χ1) is 7.15. The van der Waals surface area contributed by atoms with Crippen molar-refractivity contribution in [2.24, 2.45) is 0 Å². The second-order valence-electron chi connectivity index (χ2n) is 3.76. The minimum atomic E-state index is 0.185. The summed E-state index contributed by atoms with van der Waals surface area (Å²) in [5, 5.41) is 0.906. The molecule has 1 atom stereocenters. The molecule has 0 aromatic heterocycles. The second-order valence-corrected chi connectivity index (χ2v) is 4.93. The van der Waals surface area contributed by atoms with E-state index in [0.717, 1.165) is 17.1 Å². The van der Waals surface area contributed by atoms with Crippen molar-refractivity contribution in [3.8, 4) is 0 Å². The minimum Gasteiger partial charge on any atom is -0.337 e. The zero-order chi connectivity index (χ0) is 10.8. The smallest absolute Gasteiger partial charge is 0.224 e. The number of benzene rings is 1. The summed E-state index contributed by atoms with van der Waals surface area (Å²) in [6, 6.07) is 7.58. The number of carbonyl (C=O) groups is 1. The van der Waals surface area contributed by atoms with Crippen molar-refractivity contribution in [3.05, 3.63) is 34.9 Å². The molecule has 80 valence electrons. The van der Waals surface area contributed by atoms with E-state index >= 15 is 0 Å². The van der Waals surface area contributed by atoms with E-state index in [1.165, 1.54) is 0 Å². The molecule has 1 aliphatic heterocycles. The van der Waals surface area contributed by atoms with Crippen molar-refractivity contribution < 1.29 is 4.79 Å². The Morgan fingerprint density at radius 3 is 2.60 bits per heavy atom. The van der Waals surface area contributed by atoms with Crippen LogP contribution in [0.15, 0.2) is 24.3 Å². The fourth-order valence-electron chi connectivity index (χ4n) is 1.71. The molecule has 0 spiro atoms.